The van der Waals surface area contributed by atoms with E-state index in [1.165, 1.54) is 30.3 Å². The van der Waals surface area contributed by atoms with Gasteiger partial charge in [-0.3, -0.25) is 19.8 Å². The van der Waals surface area contributed by atoms with E-state index in [-0.39, 0.29) is 27.7 Å². The Bertz CT molecular complexity index is 792. The minimum atomic E-state index is -0.580. The smallest absolute Gasteiger partial charge is 0.288 e. The van der Waals surface area contributed by atoms with Gasteiger partial charge in [-0.05, 0) is 25.0 Å². The maximum absolute atomic E-state index is 12.8. The fourth-order valence-corrected chi connectivity index (χ4v) is 4.98. The number of thioether (sulfide) groups is 1. The summed E-state index contributed by atoms with van der Waals surface area (Å²) in [6, 6.07) is 2.73. The van der Waals surface area contributed by atoms with Crippen molar-refractivity contribution >= 4 is 69.2 Å². The van der Waals surface area contributed by atoms with Crippen molar-refractivity contribution in [2.75, 3.05) is 0 Å². The van der Waals surface area contributed by atoms with Gasteiger partial charge in [-0.25, -0.2) is 0 Å². The summed E-state index contributed by atoms with van der Waals surface area (Å²) in [6.45, 7) is 0. The molecule has 5 nitrogen and oxygen atoms in total. The van der Waals surface area contributed by atoms with Gasteiger partial charge in [0.15, 0.2) is 0 Å². The maximum Gasteiger partial charge on any atom is 0.288 e. The molecule has 1 saturated heterocycles. The van der Waals surface area contributed by atoms with Gasteiger partial charge in [-0.15, -0.1) is 0 Å². The van der Waals surface area contributed by atoms with Crippen molar-refractivity contribution in [2.24, 2.45) is 0 Å². The molecule has 1 aliphatic heterocycles. The van der Waals surface area contributed by atoms with E-state index >= 15 is 0 Å². The summed E-state index contributed by atoms with van der Waals surface area (Å²) >= 11 is 18.6. The molecule has 3 rings (SSSR count). The number of hydrogen-bond acceptors (Lipinski definition) is 5. The number of thiocarbonyl (C=S) groups is 1. The van der Waals surface area contributed by atoms with Gasteiger partial charge in [-0.1, -0.05) is 66.4 Å². The van der Waals surface area contributed by atoms with Gasteiger partial charge >= 0.3 is 0 Å². The standard InChI is InChI=1S/C16H14Cl2N2O3S2/c17-11-8-12(18)13(20(22)23)6-9(11)7-14-15(21)19(16(24)25-14)10-4-2-1-3-5-10/h6-8,10H,1-5H2/b14-7+. The van der Waals surface area contributed by atoms with Gasteiger partial charge < -0.3 is 0 Å². The molecule has 0 radical (unpaired) electrons. The van der Waals surface area contributed by atoms with E-state index in [0.29, 0.717) is 14.8 Å². The number of halogens is 2. The van der Waals surface area contributed by atoms with Crippen LogP contribution in [0.5, 0.6) is 0 Å². The molecule has 0 spiro atoms. The first kappa shape index (κ1) is 18.6. The highest BCUT2D eigenvalue weighted by molar-refractivity contribution is 8.26. The van der Waals surface area contributed by atoms with E-state index in [1.54, 1.807) is 11.0 Å². The third kappa shape index (κ3) is 3.84. The summed E-state index contributed by atoms with van der Waals surface area (Å²) < 4.78 is 0.530. The number of nitro benzene ring substituents is 1. The second-order valence-electron chi connectivity index (χ2n) is 5.93. The van der Waals surface area contributed by atoms with Crippen molar-refractivity contribution in [2.45, 2.75) is 38.1 Å². The van der Waals surface area contributed by atoms with Crippen LogP contribution in [0, 0.1) is 10.1 Å². The largest absolute Gasteiger partial charge is 0.290 e. The number of amides is 1. The third-order valence-corrected chi connectivity index (χ3v) is 6.27. The number of carbonyl (C=O) groups is 1. The molecule has 2 fully saturated rings. The number of carbonyl (C=O) groups excluding carboxylic acids is 1. The first-order valence-corrected chi connectivity index (χ1v) is 9.77. The second-order valence-corrected chi connectivity index (χ2v) is 8.42. The number of hydrogen-bond donors (Lipinski definition) is 0. The van der Waals surface area contributed by atoms with Crippen LogP contribution in [0.4, 0.5) is 5.69 Å². The van der Waals surface area contributed by atoms with Gasteiger partial charge in [-0.2, -0.15) is 0 Å². The minimum Gasteiger partial charge on any atom is -0.290 e. The van der Waals surface area contributed by atoms with Crippen molar-refractivity contribution < 1.29 is 9.72 Å². The lowest BCUT2D eigenvalue weighted by Crippen LogP contribution is -2.39. The zero-order valence-corrected chi connectivity index (χ0v) is 16.2. The van der Waals surface area contributed by atoms with Crippen LogP contribution in [0.2, 0.25) is 10.0 Å². The van der Waals surface area contributed by atoms with E-state index < -0.39 is 4.92 Å². The molecule has 0 unspecified atom stereocenters. The molecular formula is C16H14Cl2N2O3S2. The van der Waals surface area contributed by atoms with Crippen LogP contribution < -0.4 is 0 Å². The minimum absolute atomic E-state index is 0.0399. The zero-order valence-electron chi connectivity index (χ0n) is 13.0. The van der Waals surface area contributed by atoms with Crippen LogP contribution in [0.1, 0.15) is 37.7 Å². The summed E-state index contributed by atoms with van der Waals surface area (Å²) in [4.78, 5) is 25.3. The average Bonchev–Trinajstić information content (AvgIpc) is 2.84. The highest BCUT2D eigenvalue weighted by Crippen LogP contribution is 2.39. The zero-order chi connectivity index (χ0) is 18.1. The molecule has 132 valence electrons. The maximum atomic E-state index is 12.8. The quantitative estimate of drug-likeness (QED) is 0.284. The van der Waals surface area contributed by atoms with Gasteiger partial charge in [0.1, 0.15) is 9.34 Å². The summed E-state index contributed by atoms with van der Waals surface area (Å²) in [5.41, 5.74) is 0.127. The average molecular weight is 417 g/mol. The number of rotatable bonds is 3. The van der Waals surface area contributed by atoms with Crippen molar-refractivity contribution in [3.05, 3.63) is 42.8 Å². The van der Waals surface area contributed by atoms with E-state index in [1.807, 2.05) is 0 Å². The van der Waals surface area contributed by atoms with Gasteiger partial charge in [0.25, 0.3) is 11.6 Å². The molecule has 1 saturated carbocycles. The Morgan fingerprint density at radius 3 is 2.56 bits per heavy atom. The van der Waals surface area contributed by atoms with E-state index in [0.717, 1.165) is 25.7 Å². The van der Waals surface area contributed by atoms with Crippen molar-refractivity contribution in [1.82, 2.24) is 4.90 Å². The van der Waals surface area contributed by atoms with Gasteiger partial charge in [0.05, 0.1) is 9.83 Å². The van der Waals surface area contributed by atoms with Crippen molar-refractivity contribution in [3.63, 3.8) is 0 Å². The molecule has 2 aliphatic rings. The Morgan fingerprint density at radius 1 is 1.24 bits per heavy atom. The predicted octanol–water partition coefficient (Wildman–Crippen LogP) is 5.44. The van der Waals surface area contributed by atoms with Crippen LogP contribution in [0.15, 0.2) is 17.0 Å². The Morgan fingerprint density at radius 2 is 1.92 bits per heavy atom. The van der Waals surface area contributed by atoms with Gasteiger partial charge in [0, 0.05) is 22.7 Å². The fraction of sp³-hybridized carbons (Fsp3) is 0.375. The van der Waals surface area contributed by atoms with Crippen LogP contribution >= 0.6 is 47.2 Å². The molecule has 1 aliphatic carbocycles. The molecule has 25 heavy (non-hydrogen) atoms. The predicted molar refractivity (Wildman–Crippen MR) is 105 cm³/mol. The van der Waals surface area contributed by atoms with E-state index in [9.17, 15) is 14.9 Å². The van der Waals surface area contributed by atoms with Crippen LogP contribution in [0.25, 0.3) is 6.08 Å². The number of benzene rings is 1. The Labute approximate surface area is 164 Å². The molecule has 1 heterocycles. The highest BCUT2D eigenvalue weighted by atomic mass is 35.5. The lowest BCUT2D eigenvalue weighted by atomic mass is 9.94. The summed E-state index contributed by atoms with van der Waals surface area (Å²) in [6.07, 6.45) is 6.82. The normalized spacial score (nSPS) is 20.6. The molecule has 9 heteroatoms. The van der Waals surface area contributed by atoms with Crippen LogP contribution in [-0.2, 0) is 4.79 Å². The number of nitrogens with zero attached hydrogens (tertiary/aromatic N) is 2. The third-order valence-electron chi connectivity index (χ3n) is 4.31. The van der Waals surface area contributed by atoms with Gasteiger partial charge in [0.2, 0.25) is 0 Å². The lowest BCUT2D eigenvalue weighted by molar-refractivity contribution is -0.384. The Hall–Kier alpha value is -1.15. The molecule has 0 atom stereocenters. The summed E-state index contributed by atoms with van der Waals surface area (Å²) in [5.74, 6) is -0.157. The highest BCUT2D eigenvalue weighted by Gasteiger charge is 2.37. The van der Waals surface area contributed by atoms with Crippen LogP contribution in [-0.4, -0.2) is 26.1 Å². The monoisotopic (exact) mass is 416 g/mol. The molecule has 1 amide bonds. The van der Waals surface area contributed by atoms with E-state index in [4.69, 9.17) is 35.4 Å². The molecule has 0 bridgehead atoms. The lowest BCUT2D eigenvalue weighted by Gasteiger charge is -2.29. The molecular weight excluding hydrogens is 403 g/mol. The Kier molecular flexibility index (Phi) is 5.68. The fourth-order valence-electron chi connectivity index (χ4n) is 3.08. The Balaban J connectivity index is 1.92. The van der Waals surface area contributed by atoms with Crippen LogP contribution in [0.3, 0.4) is 0 Å². The van der Waals surface area contributed by atoms with Crippen molar-refractivity contribution in [1.29, 1.82) is 0 Å². The SMILES string of the molecule is O=C1/C(=C\c2cc([N+](=O)[O-])c(Cl)cc2Cl)SC(=S)N1C1CCCCC1. The molecule has 1 aromatic carbocycles. The molecule has 1 aromatic rings. The summed E-state index contributed by atoms with van der Waals surface area (Å²) in [7, 11) is 0. The van der Waals surface area contributed by atoms with E-state index in [2.05, 4.69) is 0 Å². The number of nitro groups is 1. The first-order valence-electron chi connectivity index (χ1n) is 7.79. The molecule has 0 aromatic heterocycles. The first-order chi connectivity index (χ1) is 11.9. The second kappa shape index (κ2) is 7.61. The summed E-state index contributed by atoms with van der Waals surface area (Å²) in [5, 5.41) is 11.3. The molecule has 0 N–H and O–H groups in total. The topological polar surface area (TPSA) is 63.4 Å². The van der Waals surface area contributed by atoms with Crippen molar-refractivity contribution in [3.8, 4) is 0 Å².